The van der Waals surface area contributed by atoms with E-state index in [4.69, 9.17) is 14.0 Å². The van der Waals surface area contributed by atoms with Gasteiger partial charge in [-0.05, 0) is 27.7 Å². The summed E-state index contributed by atoms with van der Waals surface area (Å²) in [4.78, 5) is 21.2. The molecule has 1 saturated heterocycles. The summed E-state index contributed by atoms with van der Waals surface area (Å²) in [6.45, 7) is 7.47. The topological polar surface area (TPSA) is 135 Å². The highest BCUT2D eigenvalue weighted by Crippen LogP contribution is 2.55. The predicted molar refractivity (Wildman–Crippen MR) is 85.4 cm³/mol. The number of rotatable bonds is 6. The van der Waals surface area contributed by atoms with Crippen LogP contribution in [0.1, 0.15) is 34.6 Å². The van der Waals surface area contributed by atoms with Crippen LogP contribution in [0.5, 0.6) is 0 Å². The summed E-state index contributed by atoms with van der Waals surface area (Å²) in [5.74, 6) is -0.415. The third kappa shape index (κ3) is 5.23. The monoisotopic (exact) mass is 369 g/mol. The number of carbonyl (C=O) groups is 1. The van der Waals surface area contributed by atoms with Gasteiger partial charge in [0.15, 0.2) is 6.29 Å². The van der Waals surface area contributed by atoms with Gasteiger partial charge in [-0.15, -0.1) is 0 Å². The zero-order valence-corrected chi connectivity index (χ0v) is 15.5. The number of amides is 1. The van der Waals surface area contributed by atoms with Crippen molar-refractivity contribution in [3.63, 3.8) is 0 Å². The highest BCUT2D eigenvalue weighted by atomic mass is 31.2. The van der Waals surface area contributed by atoms with Gasteiger partial charge >= 0.3 is 7.60 Å². The summed E-state index contributed by atoms with van der Waals surface area (Å²) in [6.07, 6.45) is -4.89. The first-order valence-corrected chi connectivity index (χ1v) is 9.36. The van der Waals surface area contributed by atoms with Gasteiger partial charge in [0, 0.05) is 13.5 Å². The minimum atomic E-state index is -3.95. The lowest BCUT2D eigenvalue weighted by molar-refractivity contribution is -0.267. The molecule has 1 aliphatic heterocycles. The first-order valence-electron chi connectivity index (χ1n) is 7.78. The molecule has 1 rings (SSSR count). The normalized spacial score (nSPS) is 33.8. The zero-order valence-electron chi connectivity index (χ0n) is 14.6. The lowest BCUT2D eigenvalue weighted by Gasteiger charge is -2.42. The second-order valence-corrected chi connectivity index (χ2v) is 9.33. The number of carbonyl (C=O) groups excluding carboxylic acids is 1. The van der Waals surface area contributed by atoms with Crippen LogP contribution >= 0.6 is 7.60 Å². The molecule has 10 heteroatoms. The molecule has 0 saturated carbocycles. The molecule has 1 aliphatic rings. The maximum Gasteiger partial charge on any atom is 0.333 e. The van der Waals surface area contributed by atoms with E-state index in [1.54, 1.807) is 27.7 Å². The van der Waals surface area contributed by atoms with Gasteiger partial charge in [0.25, 0.3) is 0 Å². The van der Waals surface area contributed by atoms with Gasteiger partial charge in [-0.2, -0.15) is 0 Å². The van der Waals surface area contributed by atoms with Crippen LogP contribution in [0.2, 0.25) is 0 Å². The minimum absolute atomic E-state index is 0.248. The highest BCUT2D eigenvalue weighted by molar-refractivity contribution is 7.54. The molecule has 6 atom stereocenters. The number of ether oxygens (including phenoxy) is 2. The lowest BCUT2D eigenvalue weighted by Crippen LogP contribution is -2.64. The maximum atomic E-state index is 12.1. The molecule has 1 amide bonds. The third-order valence-electron chi connectivity index (χ3n) is 3.66. The molecule has 9 nitrogen and oxygen atoms in total. The summed E-state index contributed by atoms with van der Waals surface area (Å²) in [6, 6.07) is -0.961. The molecule has 0 aromatic heterocycles. The van der Waals surface area contributed by atoms with Crippen LogP contribution in [0, 0.1) is 0 Å². The van der Waals surface area contributed by atoms with Crippen molar-refractivity contribution in [1.29, 1.82) is 0 Å². The van der Waals surface area contributed by atoms with Crippen LogP contribution < -0.4 is 5.32 Å². The van der Waals surface area contributed by atoms with E-state index in [1.165, 1.54) is 6.92 Å². The van der Waals surface area contributed by atoms with Crippen molar-refractivity contribution in [3.05, 3.63) is 0 Å². The van der Waals surface area contributed by atoms with Crippen molar-refractivity contribution in [1.82, 2.24) is 5.32 Å². The molecule has 6 unspecified atom stereocenters. The Morgan fingerprint density at radius 2 is 1.88 bits per heavy atom. The molecule has 0 aromatic carbocycles. The van der Waals surface area contributed by atoms with Crippen LogP contribution in [-0.4, -0.2) is 70.0 Å². The third-order valence-corrected chi connectivity index (χ3v) is 5.86. The molecule has 0 spiro atoms. The van der Waals surface area contributed by atoms with Gasteiger partial charge in [-0.3, -0.25) is 9.36 Å². The fourth-order valence-electron chi connectivity index (χ4n) is 2.13. The van der Waals surface area contributed by atoms with Gasteiger partial charge in [0.2, 0.25) is 5.91 Å². The molecule has 4 N–H and O–H groups in total. The molecule has 0 bridgehead atoms. The second-order valence-electron chi connectivity index (χ2n) is 6.69. The van der Waals surface area contributed by atoms with Crippen LogP contribution in [-0.2, 0) is 23.4 Å². The molecule has 24 heavy (non-hydrogen) atoms. The molecule has 142 valence electrons. The fourth-order valence-corrected chi connectivity index (χ4v) is 2.87. The highest BCUT2D eigenvalue weighted by Gasteiger charge is 2.47. The van der Waals surface area contributed by atoms with Gasteiger partial charge in [0.05, 0.1) is 11.8 Å². The molecule has 0 aromatic rings. The smallest absolute Gasteiger partial charge is 0.333 e. The minimum Gasteiger partial charge on any atom is -0.388 e. The Morgan fingerprint density at radius 3 is 2.33 bits per heavy atom. The Labute approximate surface area is 141 Å². The average molecular weight is 369 g/mol. The first kappa shape index (κ1) is 21.5. The van der Waals surface area contributed by atoms with Crippen molar-refractivity contribution in [2.24, 2.45) is 0 Å². The summed E-state index contributed by atoms with van der Waals surface area (Å²) in [5, 5.41) is 21.9. The van der Waals surface area contributed by atoms with Crippen molar-refractivity contribution in [2.45, 2.75) is 70.4 Å². The van der Waals surface area contributed by atoms with Crippen LogP contribution in [0.4, 0.5) is 0 Å². The quantitative estimate of drug-likeness (QED) is 0.480. The van der Waals surface area contributed by atoms with Crippen LogP contribution in [0.15, 0.2) is 0 Å². The standard InChI is InChI=1S/C14H28NO8P/c1-6-21-13-10(15-8(2)16)12(18)11(17)9(23-13)7-22-24(19,20)14(3,4)5/h9-13,17-18H,6-7H2,1-5H3,(H,15,16)(H,19,20). The summed E-state index contributed by atoms with van der Waals surface area (Å²) in [7, 11) is -3.95. The Kier molecular flexibility index (Phi) is 7.37. The number of aliphatic hydroxyl groups is 2. The number of hydrogen-bond acceptors (Lipinski definition) is 7. The van der Waals surface area contributed by atoms with Gasteiger partial charge < -0.3 is 34.4 Å². The van der Waals surface area contributed by atoms with Crippen molar-refractivity contribution in [3.8, 4) is 0 Å². The number of hydrogen-bond donors (Lipinski definition) is 4. The molecule has 0 radical (unpaired) electrons. The van der Waals surface area contributed by atoms with Crippen molar-refractivity contribution < 1.29 is 38.5 Å². The zero-order chi connectivity index (χ0) is 18.7. The maximum absolute atomic E-state index is 12.1. The molecular weight excluding hydrogens is 341 g/mol. The summed E-state index contributed by atoms with van der Waals surface area (Å²) >= 11 is 0. The number of aliphatic hydroxyl groups excluding tert-OH is 2. The average Bonchev–Trinajstić information content (AvgIpc) is 2.44. The molecule has 0 aliphatic carbocycles. The fraction of sp³-hybridized carbons (Fsp3) is 0.929. The van der Waals surface area contributed by atoms with Crippen molar-refractivity contribution >= 4 is 13.5 Å². The van der Waals surface area contributed by atoms with E-state index in [9.17, 15) is 24.5 Å². The summed E-state index contributed by atoms with van der Waals surface area (Å²) < 4.78 is 28.1. The lowest BCUT2D eigenvalue weighted by atomic mass is 9.97. The largest absolute Gasteiger partial charge is 0.388 e. The van der Waals surface area contributed by atoms with E-state index in [0.717, 1.165) is 0 Å². The first-order chi connectivity index (χ1) is 10.9. The second kappa shape index (κ2) is 8.23. The van der Waals surface area contributed by atoms with E-state index < -0.39 is 55.9 Å². The van der Waals surface area contributed by atoms with Crippen LogP contribution in [0.3, 0.4) is 0 Å². The van der Waals surface area contributed by atoms with E-state index in [1.807, 2.05) is 0 Å². The van der Waals surface area contributed by atoms with Gasteiger partial charge in [-0.1, -0.05) is 0 Å². The Hall–Kier alpha value is -0.540. The molecular formula is C14H28NO8P. The molecule has 1 fully saturated rings. The van der Waals surface area contributed by atoms with Gasteiger partial charge in [-0.25, -0.2) is 0 Å². The van der Waals surface area contributed by atoms with Crippen LogP contribution in [0.25, 0.3) is 0 Å². The molecule has 1 heterocycles. The van der Waals surface area contributed by atoms with E-state index in [2.05, 4.69) is 5.32 Å². The Balaban J connectivity index is 2.83. The SMILES string of the molecule is CCOC1OC(COP(=O)(O)C(C)(C)C)C(O)C(O)C1NC(C)=O. The predicted octanol–water partition coefficient (Wildman–Crippen LogP) is -0.0252. The Bertz CT molecular complexity index is 480. The van der Waals surface area contributed by atoms with E-state index in [-0.39, 0.29) is 6.61 Å². The Morgan fingerprint density at radius 1 is 1.29 bits per heavy atom. The number of nitrogens with one attached hydrogen (secondary N) is 1. The van der Waals surface area contributed by atoms with E-state index >= 15 is 0 Å². The van der Waals surface area contributed by atoms with E-state index in [0.29, 0.717) is 0 Å². The van der Waals surface area contributed by atoms with Crippen molar-refractivity contribution in [2.75, 3.05) is 13.2 Å². The summed E-state index contributed by atoms with van der Waals surface area (Å²) in [5.41, 5.74) is 0. The van der Waals surface area contributed by atoms with Gasteiger partial charge in [0.1, 0.15) is 24.4 Å².